The van der Waals surface area contributed by atoms with Crippen LogP contribution in [0.25, 0.3) is 5.82 Å². The lowest BCUT2D eigenvalue weighted by atomic mass is 10.0. The monoisotopic (exact) mass is 396 g/mol. The summed E-state index contributed by atoms with van der Waals surface area (Å²) in [4.78, 5) is 11.3. The van der Waals surface area contributed by atoms with Crippen LogP contribution in [0, 0.1) is 19.7 Å². The van der Waals surface area contributed by atoms with E-state index in [1.807, 2.05) is 26.0 Å². The van der Waals surface area contributed by atoms with Crippen LogP contribution in [-0.4, -0.2) is 57.5 Å². The molecule has 1 aliphatic heterocycles. The van der Waals surface area contributed by atoms with Crippen molar-refractivity contribution in [2.45, 2.75) is 19.9 Å². The zero-order chi connectivity index (χ0) is 20.2. The molecule has 0 bridgehead atoms. The summed E-state index contributed by atoms with van der Waals surface area (Å²) in [6.07, 6.45) is 3.38. The van der Waals surface area contributed by atoms with Crippen molar-refractivity contribution in [2.75, 3.05) is 38.2 Å². The van der Waals surface area contributed by atoms with Crippen molar-refractivity contribution in [1.82, 2.24) is 24.6 Å². The fourth-order valence-corrected chi connectivity index (χ4v) is 3.67. The first-order valence-corrected chi connectivity index (χ1v) is 9.77. The van der Waals surface area contributed by atoms with Crippen LogP contribution in [0.2, 0.25) is 0 Å². The first kappa shape index (κ1) is 19.5. The highest BCUT2D eigenvalue weighted by Gasteiger charge is 2.23. The van der Waals surface area contributed by atoms with E-state index >= 15 is 0 Å². The second kappa shape index (κ2) is 8.67. The molecule has 152 valence electrons. The summed E-state index contributed by atoms with van der Waals surface area (Å²) in [7, 11) is 0. The van der Waals surface area contributed by atoms with Crippen molar-refractivity contribution in [3.8, 4) is 5.82 Å². The molecule has 0 saturated carbocycles. The average molecular weight is 396 g/mol. The van der Waals surface area contributed by atoms with E-state index in [0.717, 1.165) is 30.0 Å². The van der Waals surface area contributed by atoms with Crippen LogP contribution < -0.4 is 5.32 Å². The summed E-state index contributed by atoms with van der Waals surface area (Å²) in [5, 5.41) is 7.85. The molecule has 1 saturated heterocycles. The maximum atomic E-state index is 13.8. The van der Waals surface area contributed by atoms with Gasteiger partial charge in [0.1, 0.15) is 11.6 Å². The molecule has 1 aromatic carbocycles. The maximum absolute atomic E-state index is 13.8. The highest BCUT2D eigenvalue weighted by atomic mass is 19.1. The van der Waals surface area contributed by atoms with Gasteiger partial charge in [0.15, 0.2) is 5.82 Å². The Hall–Kier alpha value is -2.84. The Kier molecular flexibility index (Phi) is 5.82. The SMILES string of the molecule is Cc1cc(C)n(-c2cncc(NCC(c3cccc(F)c3)N3CCOCC3)n2)n1. The van der Waals surface area contributed by atoms with Gasteiger partial charge in [-0.1, -0.05) is 12.1 Å². The maximum Gasteiger partial charge on any atom is 0.174 e. The second-order valence-corrected chi connectivity index (χ2v) is 7.20. The number of hydrogen-bond donors (Lipinski definition) is 1. The van der Waals surface area contributed by atoms with Gasteiger partial charge in [0.05, 0.1) is 37.3 Å². The van der Waals surface area contributed by atoms with Gasteiger partial charge in [0, 0.05) is 25.3 Å². The van der Waals surface area contributed by atoms with Crippen LogP contribution in [0.5, 0.6) is 0 Å². The van der Waals surface area contributed by atoms with Crippen LogP contribution in [0.15, 0.2) is 42.7 Å². The standard InChI is InChI=1S/C21H25FN6O/c1-15-10-16(2)28(26-15)21-14-23-13-20(25-21)24-12-19(27-6-8-29-9-7-27)17-4-3-5-18(22)11-17/h3-5,10-11,13-14,19H,6-9,12H2,1-2H3,(H,24,25). The zero-order valence-corrected chi connectivity index (χ0v) is 16.7. The molecule has 1 unspecified atom stereocenters. The quantitative estimate of drug-likeness (QED) is 0.691. The predicted octanol–water partition coefficient (Wildman–Crippen LogP) is 2.90. The Morgan fingerprint density at radius 3 is 2.72 bits per heavy atom. The first-order chi connectivity index (χ1) is 14.1. The van der Waals surface area contributed by atoms with Gasteiger partial charge in [0.2, 0.25) is 0 Å². The van der Waals surface area contributed by atoms with Crippen LogP contribution >= 0.6 is 0 Å². The molecule has 7 nitrogen and oxygen atoms in total. The van der Waals surface area contributed by atoms with Gasteiger partial charge in [0.25, 0.3) is 0 Å². The fourth-order valence-electron chi connectivity index (χ4n) is 3.67. The summed E-state index contributed by atoms with van der Waals surface area (Å²) in [5.41, 5.74) is 2.86. The predicted molar refractivity (Wildman–Crippen MR) is 109 cm³/mol. The van der Waals surface area contributed by atoms with Gasteiger partial charge in [-0.05, 0) is 37.6 Å². The number of nitrogens with one attached hydrogen (secondary N) is 1. The molecule has 1 atom stereocenters. The third-order valence-electron chi connectivity index (χ3n) is 5.04. The van der Waals surface area contributed by atoms with E-state index < -0.39 is 0 Å². The van der Waals surface area contributed by atoms with Crippen molar-refractivity contribution in [1.29, 1.82) is 0 Å². The molecular formula is C21H25FN6O. The van der Waals surface area contributed by atoms with E-state index in [1.54, 1.807) is 29.2 Å². The number of morpholine rings is 1. The fraction of sp³-hybridized carbons (Fsp3) is 0.381. The number of ether oxygens (including phenoxy) is 1. The Balaban J connectivity index is 1.54. The molecule has 0 amide bonds. The van der Waals surface area contributed by atoms with E-state index in [2.05, 4.69) is 25.3 Å². The molecule has 1 fully saturated rings. The third kappa shape index (κ3) is 4.60. The smallest absolute Gasteiger partial charge is 0.174 e. The Labute approximate surface area is 169 Å². The molecule has 1 aliphatic rings. The number of aromatic nitrogens is 4. The molecule has 4 rings (SSSR count). The minimum Gasteiger partial charge on any atom is -0.379 e. The minimum absolute atomic E-state index is 0.00809. The lowest BCUT2D eigenvalue weighted by Crippen LogP contribution is -2.41. The molecule has 8 heteroatoms. The average Bonchev–Trinajstić information content (AvgIpc) is 3.07. The normalized spacial score (nSPS) is 16.0. The number of benzene rings is 1. The van der Waals surface area contributed by atoms with Gasteiger partial charge in [-0.25, -0.2) is 14.1 Å². The Bertz CT molecular complexity index is 969. The number of hydrogen-bond acceptors (Lipinski definition) is 6. The topological polar surface area (TPSA) is 68.1 Å². The first-order valence-electron chi connectivity index (χ1n) is 9.77. The summed E-state index contributed by atoms with van der Waals surface area (Å²) < 4.78 is 21.1. The Morgan fingerprint density at radius 1 is 1.17 bits per heavy atom. The summed E-state index contributed by atoms with van der Waals surface area (Å²) in [6.45, 7) is 7.49. The summed E-state index contributed by atoms with van der Waals surface area (Å²) in [5.74, 6) is 1.09. The molecule has 0 aliphatic carbocycles. The van der Waals surface area contributed by atoms with Gasteiger partial charge in [-0.3, -0.25) is 9.88 Å². The summed E-state index contributed by atoms with van der Waals surface area (Å²) in [6, 6.07) is 8.79. The molecule has 0 radical (unpaired) electrons. The Morgan fingerprint density at radius 2 is 2.00 bits per heavy atom. The van der Waals surface area contributed by atoms with E-state index in [1.165, 1.54) is 6.07 Å². The van der Waals surface area contributed by atoms with Crippen LogP contribution in [0.4, 0.5) is 10.2 Å². The highest BCUT2D eigenvalue weighted by Crippen LogP contribution is 2.23. The zero-order valence-electron chi connectivity index (χ0n) is 16.7. The number of anilines is 1. The number of rotatable bonds is 6. The van der Waals surface area contributed by atoms with E-state index in [-0.39, 0.29) is 11.9 Å². The summed E-state index contributed by atoms with van der Waals surface area (Å²) >= 11 is 0. The van der Waals surface area contributed by atoms with Gasteiger partial charge < -0.3 is 10.1 Å². The van der Waals surface area contributed by atoms with E-state index in [9.17, 15) is 4.39 Å². The van der Waals surface area contributed by atoms with Crippen molar-refractivity contribution >= 4 is 5.82 Å². The van der Waals surface area contributed by atoms with Gasteiger partial charge >= 0.3 is 0 Å². The van der Waals surface area contributed by atoms with E-state index in [0.29, 0.717) is 31.4 Å². The lowest BCUT2D eigenvalue weighted by molar-refractivity contribution is 0.0186. The number of aryl methyl sites for hydroxylation is 2. The van der Waals surface area contributed by atoms with Crippen molar-refractivity contribution in [3.05, 3.63) is 65.5 Å². The molecule has 1 N–H and O–H groups in total. The molecule has 29 heavy (non-hydrogen) atoms. The van der Waals surface area contributed by atoms with Crippen molar-refractivity contribution < 1.29 is 9.13 Å². The van der Waals surface area contributed by atoms with Crippen LogP contribution in [-0.2, 0) is 4.74 Å². The van der Waals surface area contributed by atoms with Crippen molar-refractivity contribution in [2.24, 2.45) is 0 Å². The number of nitrogens with zero attached hydrogens (tertiary/aromatic N) is 5. The second-order valence-electron chi connectivity index (χ2n) is 7.20. The van der Waals surface area contributed by atoms with Gasteiger partial charge in [-0.15, -0.1) is 0 Å². The van der Waals surface area contributed by atoms with Crippen LogP contribution in [0.1, 0.15) is 23.0 Å². The molecule has 3 heterocycles. The highest BCUT2D eigenvalue weighted by molar-refractivity contribution is 5.37. The lowest BCUT2D eigenvalue weighted by Gasteiger charge is -2.35. The van der Waals surface area contributed by atoms with Gasteiger partial charge in [-0.2, -0.15) is 5.10 Å². The molecule has 3 aromatic rings. The molecule has 2 aromatic heterocycles. The molecule has 0 spiro atoms. The molecular weight excluding hydrogens is 371 g/mol. The van der Waals surface area contributed by atoms with E-state index in [4.69, 9.17) is 4.74 Å². The van der Waals surface area contributed by atoms with Crippen molar-refractivity contribution in [3.63, 3.8) is 0 Å². The third-order valence-corrected chi connectivity index (χ3v) is 5.04. The van der Waals surface area contributed by atoms with Crippen LogP contribution in [0.3, 0.4) is 0 Å². The largest absolute Gasteiger partial charge is 0.379 e. The minimum atomic E-state index is -0.230. The number of halogens is 1.